The number of guanidine groups is 1. The van der Waals surface area contributed by atoms with Gasteiger partial charge in [-0.1, -0.05) is 0 Å². The maximum Gasteiger partial charge on any atom is 0.262 e. The van der Waals surface area contributed by atoms with Crippen molar-refractivity contribution in [3.8, 4) is 28.8 Å². The first-order valence-electron chi connectivity index (χ1n) is 7.61. The molecule has 1 aliphatic heterocycles. The molecule has 1 amide bonds. The number of pyridine rings is 1. The van der Waals surface area contributed by atoms with Crippen LogP contribution in [0.2, 0.25) is 0 Å². The topological polar surface area (TPSA) is 120 Å². The second kappa shape index (κ2) is 7.06. The van der Waals surface area contributed by atoms with E-state index < -0.39 is 17.5 Å². The number of amides is 1. The highest BCUT2D eigenvalue weighted by atomic mass is 19.1. The molecule has 2 aromatic rings. The molecule has 1 aromatic heterocycles. The summed E-state index contributed by atoms with van der Waals surface area (Å²) >= 11 is 0. The zero-order valence-electron chi connectivity index (χ0n) is 13.7. The molecule has 3 N–H and O–H groups in total. The van der Waals surface area contributed by atoms with Gasteiger partial charge in [0.1, 0.15) is 5.75 Å². The molecule has 1 aliphatic rings. The molecule has 26 heavy (non-hydrogen) atoms. The molecule has 0 saturated carbocycles. The van der Waals surface area contributed by atoms with Gasteiger partial charge in [-0.3, -0.25) is 15.1 Å². The number of aliphatic imine (C=N–C) groups is 1. The minimum atomic E-state index is -0.845. The normalized spacial score (nSPS) is 12.7. The Morgan fingerprint density at radius 2 is 2.27 bits per heavy atom. The molecule has 0 bridgehead atoms. The average molecular weight is 355 g/mol. The van der Waals surface area contributed by atoms with Crippen molar-refractivity contribution in [3.63, 3.8) is 0 Å². The third-order valence-electron chi connectivity index (χ3n) is 3.76. The van der Waals surface area contributed by atoms with Gasteiger partial charge in [-0.25, -0.2) is 9.37 Å². The predicted octanol–water partition coefficient (Wildman–Crippen LogP) is 1.16. The Morgan fingerprint density at radius 1 is 1.46 bits per heavy atom. The molecule has 0 atom stereocenters. The van der Waals surface area contributed by atoms with Crippen LogP contribution >= 0.6 is 0 Å². The van der Waals surface area contributed by atoms with Crippen LogP contribution in [-0.4, -0.2) is 42.2 Å². The van der Waals surface area contributed by atoms with Gasteiger partial charge in [-0.05, 0) is 18.2 Å². The molecular weight excluding hydrogens is 341 g/mol. The van der Waals surface area contributed by atoms with E-state index >= 15 is 0 Å². The Kier molecular flexibility index (Phi) is 4.66. The van der Waals surface area contributed by atoms with E-state index in [1.165, 1.54) is 31.5 Å². The Labute approximate surface area is 148 Å². The lowest BCUT2D eigenvalue weighted by atomic mass is 9.93. The van der Waals surface area contributed by atoms with Crippen LogP contribution in [0, 0.1) is 17.1 Å². The number of halogens is 1. The SMILES string of the molecule is COc1nccc(-c2c(C#N)ccc(O)c2C(=O)NC2=NCCN2)c1F. The summed E-state index contributed by atoms with van der Waals surface area (Å²) in [4.78, 5) is 20.5. The standard InChI is InChI=1S/C17H14FN5O3/c1-26-16-14(18)10(4-5-20-16)12-9(8-19)2-3-11(24)13(12)15(25)23-17-21-6-7-22-17/h2-5,24H,6-7H2,1H3,(H2,21,22,23,25). The number of nitrogens with one attached hydrogen (secondary N) is 2. The molecule has 0 saturated heterocycles. The number of methoxy groups -OCH3 is 1. The fraction of sp³-hybridized carbons (Fsp3) is 0.176. The monoisotopic (exact) mass is 355 g/mol. The molecule has 8 nitrogen and oxygen atoms in total. The van der Waals surface area contributed by atoms with Crippen molar-refractivity contribution < 1.29 is 19.0 Å². The van der Waals surface area contributed by atoms with Gasteiger partial charge < -0.3 is 15.2 Å². The van der Waals surface area contributed by atoms with E-state index in [2.05, 4.69) is 20.6 Å². The number of carbonyl (C=O) groups is 1. The van der Waals surface area contributed by atoms with Crippen molar-refractivity contribution in [3.05, 3.63) is 41.3 Å². The number of ether oxygens (including phenoxy) is 1. The number of rotatable bonds is 3. The fourth-order valence-corrected chi connectivity index (χ4v) is 2.61. The zero-order chi connectivity index (χ0) is 18.7. The van der Waals surface area contributed by atoms with Gasteiger partial charge >= 0.3 is 0 Å². The van der Waals surface area contributed by atoms with Crippen molar-refractivity contribution >= 4 is 11.9 Å². The van der Waals surface area contributed by atoms with Crippen molar-refractivity contribution in [2.75, 3.05) is 20.2 Å². The molecule has 0 fully saturated rings. The number of carbonyl (C=O) groups excluding carboxylic acids is 1. The van der Waals surface area contributed by atoms with Gasteiger partial charge in [-0.15, -0.1) is 0 Å². The minimum Gasteiger partial charge on any atom is -0.507 e. The molecule has 1 aromatic carbocycles. The highest BCUT2D eigenvalue weighted by Crippen LogP contribution is 2.36. The Morgan fingerprint density at radius 3 is 2.92 bits per heavy atom. The molecule has 3 rings (SSSR count). The Bertz CT molecular complexity index is 952. The van der Waals surface area contributed by atoms with Gasteiger partial charge in [0.2, 0.25) is 0 Å². The second-order valence-electron chi connectivity index (χ2n) is 5.29. The van der Waals surface area contributed by atoms with Crippen LogP contribution in [0.25, 0.3) is 11.1 Å². The highest BCUT2D eigenvalue weighted by Gasteiger charge is 2.26. The first kappa shape index (κ1) is 17.2. The van der Waals surface area contributed by atoms with E-state index in [1.807, 2.05) is 6.07 Å². The van der Waals surface area contributed by atoms with E-state index in [1.54, 1.807) is 0 Å². The van der Waals surface area contributed by atoms with Crippen LogP contribution in [0.3, 0.4) is 0 Å². The summed E-state index contributed by atoms with van der Waals surface area (Å²) in [6.07, 6.45) is 1.28. The van der Waals surface area contributed by atoms with Crippen LogP contribution in [0.4, 0.5) is 4.39 Å². The summed E-state index contributed by atoms with van der Waals surface area (Å²) in [5.74, 6) is -2.01. The first-order valence-corrected chi connectivity index (χ1v) is 7.61. The number of hydrogen-bond donors (Lipinski definition) is 3. The lowest BCUT2D eigenvalue weighted by Gasteiger charge is -2.15. The van der Waals surface area contributed by atoms with Gasteiger partial charge in [-0.2, -0.15) is 5.26 Å². The molecule has 2 heterocycles. The maximum absolute atomic E-state index is 14.7. The number of phenols is 1. The molecule has 0 radical (unpaired) electrons. The van der Waals surface area contributed by atoms with Crippen molar-refractivity contribution in [1.29, 1.82) is 5.26 Å². The second-order valence-corrected chi connectivity index (χ2v) is 5.29. The summed E-state index contributed by atoms with van der Waals surface area (Å²) in [6, 6.07) is 5.72. The van der Waals surface area contributed by atoms with Crippen LogP contribution in [-0.2, 0) is 0 Å². The van der Waals surface area contributed by atoms with Gasteiger partial charge in [0, 0.05) is 23.9 Å². The molecule has 0 aliphatic carbocycles. The van der Waals surface area contributed by atoms with Crippen molar-refractivity contribution in [2.24, 2.45) is 4.99 Å². The number of hydrogen-bond acceptors (Lipinski definition) is 7. The maximum atomic E-state index is 14.7. The molecule has 132 valence electrons. The van der Waals surface area contributed by atoms with E-state index in [0.717, 1.165) is 0 Å². The number of phenolic OH excluding ortho intramolecular Hbond substituents is 1. The fourth-order valence-electron chi connectivity index (χ4n) is 2.61. The first-order chi connectivity index (χ1) is 12.6. The number of benzene rings is 1. The Hall–Kier alpha value is -3.67. The quantitative estimate of drug-likeness (QED) is 0.760. The summed E-state index contributed by atoms with van der Waals surface area (Å²) < 4.78 is 19.6. The zero-order valence-corrected chi connectivity index (χ0v) is 13.7. The lowest BCUT2D eigenvalue weighted by molar-refractivity contribution is 0.0974. The number of nitrogens with zero attached hydrogens (tertiary/aromatic N) is 3. The van der Waals surface area contributed by atoms with E-state index in [4.69, 9.17) is 4.74 Å². The van der Waals surface area contributed by atoms with Crippen LogP contribution < -0.4 is 15.4 Å². The third-order valence-corrected chi connectivity index (χ3v) is 3.76. The minimum absolute atomic E-state index is 0.0152. The van der Waals surface area contributed by atoms with Crippen LogP contribution in [0.1, 0.15) is 15.9 Å². The smallest absolute Gasteiger partial charge is 0.262 e. The molecule has 0 unspecified atom stereocenters. The highest BCUT2D eigenvalue weighted by molar-refractivity contribution is 6.11. The predicted molar refractivity (Wildman–Crippen MR) is 90.3 cm³/mol. The lowest BCUT2D eigenvalue weighted by Crippen LogP contribution is -2.38. The number of nitriles is 1. The molecular formula is C17H14FN5O3. The van der Waals surface area contributed by atoms with Crippen LogP contribution in [0.5, 0.6) is 11.6 Å². The summed E-state index contributed by atoms with van der Waals surface area (Å²) in [7, 11) is 1.25. The van der Waals surface area contributed by atoms with Crippen LogP contribution in [0.15, 0.2) is 29.4 Å². The summed E-state index contributed by atoms with van der Waals surface area (Å²) in [5.41, 5.74) is -0.369. The number of aromatic hydroxyl groups is 1. The molecule has 0 spiro atoms. The van der Waals surface area contributed by atoms with Gasteiger partial charge in [0.15, 0.2) is 11.8 Å². The van der Waals surface area contributed by atoms with E-state index in [9.17, 15) is 19.6 Å². The Balaban J connectivity index is 2.19. The third kappa shape index (κ3) is 3.00. The van der Waals surface area contributed by atoms with Gasteiger partial charge in [0.05, 0.1) is 30.9 Å². The molecule has 9 heteroatoms. The van der Waals surface area contributed by atoms with E-state index in [-0.39, 0.29) is 34.1 Å². The van der Waals surface area contributed by atoms with Gasteiger partial charge in [0.25, 0.3) is 11.8 Å². The largest absolute Gasteiger partial charge is 0.507 e. The van der Waals surface area contributed by atoms with Crippen molar-refractivity contribution in [2.45, 2.75) is 0 Å². The average Bonchev–Trinajstić information content (AvgIpc) is 3.14. The van der Waals surface area contributed by atoms with Crippen molar-refractivity contribution in [1.82, 2.24) is 15.6 Å². The van der Waals surface area contributed by atoms with E-state index in [0.29, 0.717) is 13.1 Å². The summed E-state index contributed by atoms with van der Waals surface area (Å²) in [5, 5.41) is 25.0. The summed E-state index contributed by atoms with van der Waals surface area (Å²) in [6.45, 7) is 1.08. The number of aromatic nitrogens is 1.